The number of fused-ring (bicyclic) bond motifs is 1. The lowest BCUT2D eigenvalue weighted by molar-refractivity contribution is -0.125. The van der Waals surface area contributed by atoms with E-state index in [2.05, 4.69) is 11.6 Å². The van der Waals surface area contributed by atoms with Crippen LogP contribution in [0.25, 0.3) is 22.2 Å². The number of benzene rings is 2. The minimum Gasteiger partial charge on any atom is -0.495 e. The Balaban J connectivity index is 1.50. The molecule has 1 aliphatic rings. The molecular formula is C28H27ClN4O4. The number of hydrogen-bond donors (Lipinski definition) is 0. The monoisotopic (exact) mass is 518 g/mol. The molecular weight excluding hydrogens is 492 g/mol. The molecule has 0 N–H and O–H groups in total. The van der Waals surface area contributed by atoms with Gasteiger partial charge in [-0.05, 0) is 55.8 Å². The summed E-state index contributed by atoms with van der Waals surface area (Å²) in [6.45, 7) is 7.27. The highest BCUT2D eigenvalue weighted by Gasteiger charge is 2.30. The van der Waals surface area contributed by atoms with E-state index in [1.54, 1.807) is 36.5 Å². The molecule has 4 aromatic rings. The average Bonchev–Trinajstić information content (AvgIpc) is 3.56. The summed E-state index contributed by atoms with van der Waals surface area (Å²) >= 11 is 6.38. The number of rotatable bonds is 8. The van der Waals surface area contributed by atoms with Crippen molar-refractivity contribution >= 4 is 28.4 Å². The maximum Gasteiger partial charge on any atom is 0.246 e. The highest BCUT2D eigenvalue weighted by molar-refractivity contribution is 6.33. The molecule has 2 aromatic heterocycles. The number of methoxy groups -OCH3 is 1. The van der Waals surface area contributed by atoms with Crippen LogP contribution in [0.15, 0.2) is 67.5 Å². The van der Waals surface area contributed by atoms with Gasteiger partial charge in [0.1, 0.15) is 33.5 Å². The SMILES string of the molecule is C=CC(=O)N1CCC(n2nc(-c3ccc(Oc4cccc(OC)c4Cl)cc3)c3cncc(OCC)c32)C1. The second kappa shape index (κ2) is 10.5. The maximum atomic E-state index is 12.2. The van der Waals surface area contributed by atoms with Crippen molar-refractivity contribution in [1.82, 2.24) is 19.7 Å². The van der Waals surface area contributed by atoms with Crippen molar-refractivity contribution in [2.75, 3.05) is 26.8 Å². The zero-order valence-electron chi connectivity index (χ0n) is 20.7. The Morgan fingerprint density at radius 1 is 1.16 bits per heavy atom. The molecule has 0 radical (unpaired) electrons. The summed E-state index contributed by atoms with van der Waals surface area (Å²) in [7, 11) is 1.56. The minimum absolute atomic E-state index is 0.0135. The largest absolute Gasteiger partial charge is 0.495 e. The van der Waals surface area contributed by atoms with Crippen molar-refractivity contribution in [1.29, 1.82) is 0 Å². The molecule has 8 nitrogen and oxygen atoms in total. The molecule has 1 saturated heterocycles. The van der Waals surface area contributed by atoms with Gasteiger partial charge in [0.05, 0.1) is 31.3 Å². The molecule has 190 valence electrons. The molecule has 1 fully saturated rings. The second-order valence-electron chi connectivity index (χ2n) is 8.59. The summed E-state index contributed by atoms with van der Waals surface area (Å²) in [5.41, 5.74) is 2.55. The van der Waals surface area contributed by atoms with Crippen LogP contribution >= 0.6 is 11.6 Å². The number of likely N-dealkylation sites (tertiary alicyclic amines) is 1. The molecule has 1 amide bonds. The van der Waals surface area contributed by atoms with Gasteiger partial charge in [0, 0.05) is 24.8 Å². The van der Waals surface area contributed by atoms with E-state index >= 15 is 0 Å². The first-order chi connectivity index (χ1) is 18.0. The van der Waals surface area contributed by atoms with E-state index in [1.165, 1.54) is 6.08 Å². The molecule has 0 bridgehead atoms. The Morgan fingerprint density at radius 2 is 1.95 bits per heavy atom. The van der Waals surface area contributed by atoms with Gasteiger partial charge in [-0.3, -0.25) is 14.5 Å². The molecule has 3 heterocycles. The van der Waals surface area contributed by atoms with Crippen molar-refractivity contribution in [2.45, 2.75) is 19.4 Å². The third-order valence-corrected chi connectivity index (χ3v) is 6.75. The summed E-state index contributed by atoms with van der Waals surface area (Å²) < 4.78 is 19.2. The minimum atomic E-state index is -0.0717. The lowest BCUT2D eigenvalue weighted by atomic mass is 10.1. The number of halogens is 1. The predicted molar refractivity (Wildman–Crippen MR) is 143 cm³/mol. The number of pyridine rings is 1. The third-order valence-electron chi connectivity index (χ3n) is 6.37. The van der Waals surface area contributed by atoms with Crippen LogP contribution in [0, 0.1) is 0 Å². The zero-order valence-corrected chi connectivity index (χ0v) is 21.4. The summed E-state index contributed by atoms with van der Waals surface area (Å²) in [6.07, 6.45) is 5.66. The van der Waals surface area contributed by atoms with Crippen LogP contribution in [-0.4, -0.2) is 52.4 Å². The van der Waals surface area contributed by atoms with Crippen molar-refractivity contribution in [3.05, 3.63) is 72.5 Å². The lowest BCUT2D eigenvalue weighted by Gasteiger charge is -2.16. The van der Waals surface area contributed by atoms with Crippen LogP contribution in [0.2, 0.25) is 5.02 Å². The van der Waals surface area contributed by atoms with Gasteiger partial charge in [0.25, 0.3) is 0 Å². The molecule has 1 aliphatic heterocycles. The summed E-state index contributed by atoms with van der Waals surface area (Å²) in [5.74, 6) is 2.28. The normalized spacial score (nSPS) is 15.1. The third kappa shape index (κ3) is 4.72. The number of aromatic nitrogens is 3. The number of amides is 1. The van der Waals surface area contributed by atoms with Crippen molar-refractivity contribution in [3.8, 4) is 34.3 Å². The maximum absolute atomic E-state index is 12.2. The van der Waals surface area contributed by atoms with Crippen LogP contribution in [0.1, 0.15) is 19.4 Å². The topological polar surface area (TPSA) is 78.7 Å². The molecule has 37 heavy (non-hydrogen) atoms. The standard InChI is InChI=1S/C28H27ClN4O4/c1-4-25(34)32-14-13-19(17-32)33-28-21(15-30-16-24(28)36-5-2)27(31-33)18-9-11-20(12-10-18)37-23-8-6-7-22(35-3)26(23)29/h4,6-12,15-16,19H,1,5,13-14,17H2,2-3H3. The Bertz CT molecular complexity index is 1450. The Hall–Kier alpha value is -4.04. The van der Waals surface area contributed by atoms with Gasteiger partial charge in [0.15, 0.2) is 5.75 Å². The van der Waals surface area contributed by atoms with E-state index in [1.807, 2.05) is 41.9 Å². The first kappa shape index (κ1) is 24.6. The Morgan fingerprint density at radius 3 is 2.68 bits per heavy atom. The number of ether oxygens (including phenoxy) is 3. The smallest absolute Gasteiger partial charge is 0.246 e. The number of nitrogens with zero attached hydrogens (tertiary/aromatic N) is 4. The first-order valence-electron chi connectivity index (χ1n) is 12.0. The fourth-order valence-corrected chi connectivity index (χ4v) is 4.84. The zero-order chi connectivity index (χ0) is 25.9. The highest BCUT2D eigenvalue weighted by atomic mass is 35.5. The van der Waals surface area contributed by atoms with E-state index in [0.29, 0.717) is 47.7 Å². The average molecular weight is 519 g/mol. The molecule has 0 saturated carbocycles. The molecule has 0 aliphatic carbocycles. The Kier molecular flexibility index (Phi) is 7.01. The van der Waals surface area contributed by atoms with Gasteiger partial charge >= 0.3 is 0 Å². The van der Waals surface area contributed by atoms with Crippen LogP contribution in [0.3, 0.4) is 0 Å². The molecule has 0 spiro atoms. The fraction of sp³-hybridized carbons (Fsp3) is 0.250. The van der Waals surface area contributed by atoms with Crippen LogP contribution in [-0.2, 0) is 4.79 Å². The van der Waals surface area contributed by atoms with Gasteiger partial charge in [-0.15, -0.1) is 0 Å². The van der Waals surface area contributed by atoms with E-state index in [0.717, 1.165) is 28.6 Å². The number of carbonyl (C=O) groups is 1. The van der Waals surface area contributed by atoms with Gasteiger partial charge in [-0.25, -0.2) is 0 Å². The molecule has 5 rings (SSSR count). The van der Waals surface area contributed by atoms with Crippen molar-refractivity contribution in [2.24, 2.45) is 0 Å². The molecule has 2 aromatic carbocycles. The summed E-state index contributed by atoms with van der Waals surface area (Å²) in [5, 5.41) is 6.30. The first-order valence-corrected chi connectivity index (χ1v) is 12.4. The summed E-state index contributed by atoms with van der Waals surface area (Å²) in [6, 6.07) is 13.0. The van der Waals surface area contributed by atoms with Gasteiger partial charge < -0.3 is 19.1 Å². The molecule has 1 unspecified atom stereocenters. The Labute approximate surface area is 220 Å². The van der Waals surface area contributed by atoms with Crippen LogP contribution < -0.4 is 14.2 Å². The summed E-state index contributed by atoms with van der Waals surface area (Å²) in [4.78, 5) is 18.4. The van der Waals surface area contributed by atoms with E-state index in [9.17, 15) is 4.79 Å². The molecule has 9 heteroatoms. The number of hydrogen-bond acceptors (Lipinski definition) is 6. The predicted octanol–water partition coefficient (Wildman–Crippen LogP) is 5.91. The number of carbonyl (C=O) groups excluding carboxylic acids is 1. The van der Waals surface area contributed by atoms with Crippen molar-refractivity contribution in [3.63, 3.8) is 0 Å². The van der Waals surface area contributed by atoms with Crippen LogP contribution in [0.4, 0.5) is 0 Å². The quantitative estimate of drug-likeness (QED) is 0.270. The second-order valence-corrected chi connectivity index (χ2v) is 8.97. The van der Waals surface area contributed by atoms with Gasteiger partial charge in [0.2, 0.25) is 5.91 Å². The van der Waals surface area contributed by atoms with E-state index < -0.39 is 0 Å². The van der Waals surface area contributed by atoms with E-state index in [4.69, 9.17) is 30.9 Å². The van der Waals surface area contributed by atoms with Crippen LogP contribution in [0.5, 0.6) is 23.0 Å². The van der Waals surface area contributed by atoms with Crippen molar-refractivity contribution < 1.29 is 19.0 Å². The van der Waals surface area contributed by atoms with Gasteiger partial charge in [-0.1, -0.05) is 24.2 Å². The fourth-order valence-electron chi connectivity index (χ4n) is 4.60. The van der Waals surface area contributed by atoms with Gasteiger partial charge in [-0.2, -0.15) is 5.10 Å². The van der Waals surface area contributed by atoms with E-state index in [-0.39, 0.29) is 11.9 Å². The highest BCUT2D eigenvalue weighted by Crippen LogP contribution is 2.39. The molecule has 1 atom stereocenters. The lowest BCUT2D eigenvalue weighted by Crippen LogP contribution is -2.27.